The van der Waals surface area contributed by atoms with E-state index in [4.69, 9.17) is 15.8 Å². The van der Waals surface area contributed by atoms with Gasteiger partial charge in [0.05, 0.1) is 39.8 Å². The Labute approximate surface area is 193 Å². The number of azide groups is 2. The summed E-state index contributed by atoms with van der Waals surface area (Å²) in [6.07, 6.45) is 13.2. The first kappa shape index (κ1) is 27.6. The zero-order valence-corrected chi connectivity index (χ0v) is 20.2. The lowest BCUT2D eigenvalue weighted by molar-refractivity contribution is -0.919. The average Bonchev–Trinajstić information content (AvgIpc) is 2.79. The van der Waals surface area contributed by atoms with Gasteiger partial charge in [0.15, 0.2) is 0 Å². The maximum atomic E-state index is 8.55. The van der Waals surface area contributed by atoms with Crippen molar-refractivity contribution in [2.24, 2.45) is 10.2 Å². The van der Waals surface area contributed by atoms with Crippen molar-refractivity contribution in [1.82, 2.24) is 0 Å². The van der Waals surface area contributed by atoms with Gasteiger partial charge in [-0.1, -0.05) is 74.9 Å². The monoisotopic (exact) mass is 444 g/mol. The van der Waals surface area contributed by atoms with E-state index in [0.29, 0.717) is 30.7 Å². The Morgan fingerprint density at radius 3 is 1.78 bits per heavy atom. The van der Waals surface area contributed by atoms with Crippen LogP contribution in [0.1, 0.15) is 76.7 Å². The van der Waals surface area contributed by atoms with Gasteiger partial charge >= 0.3 is 0 Å². The normalized spacial score (nSPS) is 12.4. The zero-order valence-electron chi connectivity index (χ0n) is 20.2. The summed E-state index contributed by atoms with van der Waals surface area (Å²) in [5.74, 6) is 0.905. The third kappa shape index (κ3) is 13.8. The molecular weight excluding hydrogens is 402 g/mol. The third-order valence-electron chi connectivity index (χ3n) is 5.86. The summed E-state index contributed by atoms with van der Waals surface area (Å²) in [6, 6.07) is 8.23. The fourth-order valence-electron chi connectivity index (χ4n) is 3.84. The summed E-state index contributed by atoms with van der Waals surface area (Å²) >= 11 is 0. The topological polar surface area (TPSA) is 107 Å². The van der Waals surface area contributed by atoms with Crippen LogP contribution in [0.2, 0.25) is 0 Å². The summed E-state index contributed by atoms with van der Waals surface area (Å²) in [7, 11) is 2.09. The minimum absolute atomic E-state index is 0.420. The highest BCUT2D eigenvalue weighted by atomic mass is 16.5. The lowest BCUT2D eigenvalue weighted by Gasteiger charge is -2.34. The van der Waals surface area contributed by atoms with E-state index in [9.17, 15) is 0 Å². The molecule has 32 heavy (non-hydrogen) atoms. The van der Waals surface area contributed by atoms with E-state index >= 15 is 0 Å². The van der Waals surface area contributed by atoms with E-state index in [0.717, 1.165) is 25.3 Å². The predicted octanol–water partition coefficient (Wildman–Crippen LogP) is 7.55. The molecule has 0 radical (unpaired) electrons. The highest BCUT2D eigenvalue weighted by Crippen LogP contribution is 2.18. The molecule has 0 atom stereocenters. The van der Waals surface area contributed by atoms with Crippen LogP contribution >= 0.6 is 0 Å². The maximum absolute atomic E-state index is 8.55. The molecule has 0 amide bonds. The lowest BCUT2D eigenvalue weighted by atomic mass is 10.1. The van der Waals surface area contributed by atoms with Crippen molar-refractivity contribution < 1.29 is 9.22 Å². The third-order valence-corrected chi connectivity index (χ3v) is 5.86. The van der Waals surface area contributed by atoms with Crippen LogP contribution in [0.15, 0.2) is 34.5 Å². The fraction of sp³-hybridized carbons (Fsp3) is 0.750. The quantitative estimate of drug-likeness (QED) is 0.0668. The minimum atomic E-state index is 0.420. The standard InChI is InChI=1S/C24H42N7O/c1-3-4-5-6-7-8-9-10-11-12-21-32-24-15-13-23(14-16-24)22-31(2,19-17-27-29-25)20-18-28-30-26/h13-16H,3-12,17-22H2,1-2H3/q+1. The second kappa shape index (κ2) is 18.2. The van der Waals surface area contributed by atoms with E-state index in [1.54, 1.807) is 0 Å². The van der Waals surface area contributed by atoms with Crippen molar-refractivity contribution in [2.45, 2.75) is 77.7 Å². The number of hydrogen-bond acceptors (Lipinski definition) is 3. The van der Waals surface area contributed by atoms with E-state index in [1.807, 2.05) is 12.1 Å². The molecule has 0 aromatic heterocycles. The smallest absolute Gasteiger partial charge is 0.119 e. The van der Waals surface area contributed by atoms with Crippen LogP contribution in [0, 0.1) is 0 Å². The second-order valence-corrected chi connectivity index (χ2v) is 8.81. The molecule has 0 saturated heterocycles. The number of nitrogens with zero attached hydrogens (tertiary/aromatic N) is 7. The Morgan fingerprint density at radius 2 is 1.28 bits per heavy atom. The number of benzene rings is 1. The number of quaternary nitrogens is 1. The second-order valence-electron chi connectivity index (χ2n) is 8.81. The van der Waals surface area contributed by atoms with E-state index in [1.165, 1.54) is 63.4 Å². The van der Waals surface area contributed by atoms with Gasteiger partial charge in [-0.15, -0.1) is 0 Å². The Bertz CT molecular complexity index is 673. The molecule has 0 aliphatic heterocycles. The summed E-state index contributed by atoms with van der Waals surface area (Å²) in [5.41, 5.74) is 18.3. The minimum Gasteiger partial charge on any atom is -0.494 e. The molecule has 0 N–H and O–H groups in total. The number of likely N-dealkylation sites (N-methyl/N-ethyl adjacent to an activating group) is 1. The molecule has 1 aromatic rings. The van der Waals surface area contributed by atoms with Crippen molar-refractivity contribution in [3.05, 3.63) is 50.7 Å². The van der Waals surface area contributed by atoms with Crippen molar-refractivity contribution in [3.8, 4) is 5.75 Å². The highest BCUT2D eigenvalue weighted by molar-refractivity contribution is 5.26. The van der Waals surface area contributed by atoms with Crippen LogP contribution in [0.5, 0.6) is 5.75 Å². The number of hydrogen-bond donors (Lipinski definition) is 0. The van der Waals surface area contributed by atoms with Gasteiger partial charge in [0, 0.05) is 15.4 Å². The fourth-order valence-corrected chi connectivity index (χ4v) is 3.84. The molecule has 0 saturated carbocycles. The van der Waals surface area contributed by atoms with E-state index < -0.39 is 0 Å². The molecule has 0 aliphatic rings. The number of ether oxygens (including phenoxy) is 1. The molecule has 0 unspecified atom stereocenters. The van der Waals surface area contributed by atoms with Crippen LogP contribution in [0.25, 0.3) is 20.9 Å². The maximum Gasteiger partial charge on any atom is 0.119 e. The molecule has 0 heterocycles. The van der Waals surface area contributed by atoms with Crippen LogP contribution in [0.3, 0.4) is 0 Å². The summed E-state index contributed by atoms with van der Waals surface area (Å²) < 4.78 is 6.56. The van der Waals surface area contributed by atoms with Gasteiger partial charge in [0.2, 0.25) is 0 Å². The van der Waals surface area contributed by atoms with E-state index in [2.05, 4.69) is 46.2 Å². The van der Waals surface area contributed by atoms with Crippen LogP contribution in [-0.2, 0) is 6.54 Å². The van der Waals surface area contributed by atoms with Crippen molar-refractivity contribution >= 4 is 0 Å². The molecule has 0 aliphatic carbocycles. The molecule has 8 heteroatoms. The van der Waals surface area contributed by atoms with Crippen molar-refractivity contribution in [3.63, 3.8) is 0 Å². The summed E-state index contributed by atoms with van der Waals surface area (Å²) in [4.78, 5) is 5.68. The molecule has 1 rings (SSSR count). The van der Waals surface area contributed by atoms with Gasteiger partial charge in [0.1, 0.15) is 12.3 Å². The summed E-state index contributed by atoms with van der Waals surface area (Å²) in [5, 5.41) is 7.32. The Hall–Kier alpha value is -2.40. The van der Waals surface area contributed by atoms with Gasteiger partial charge < -0.3 is 9.22 Å². The molecule has 1 aromatic carbocycles. The van der Waals surface area contributed by atoms with Crippen molar-refractivity contribution in [2.75, 3.05) is 39.8 Å². The lowest BCUT2D eigenvalue weighted by Crippen LogP contribution is -2.46. The number of rotatable bonds is 20. The largest absolute Gasteiger partial charge is 0.494 e. The predicted molar refractivity (Wildman–Crippen MR) is 131 cm³/mol. The molecule has 0 bridgehead atoms. The first-order valence-corrected chi connectivity index (χ1v) is 12.2. The average molecular weight is 445 g/mol. The van der Waals surface area contributed by atoms with Gasteiger partial charge in [-0.25, -0.2) is 0 Å². The van der Waals surface area contributed by atoms with Gasteiger partial charge in [-0.2, -0.15) is 0 Å². The molecule has 0 spiro atoms. The number of unbranched alkanes of at least 4 members (excludes halogenated alkanes) is 9. The Balaban J connectivity index is 2.30. The summed E-state index contributed by atoms with van der Waals surface area (Å²) in [6.45, 7) is 6.04. The highest BCUT2D eigenvalue weighted by Gasteiger charge is 2.21. The van der Waals surface area contributed by atoms with Crippen LogP contribution in [-0.4, -0.2) is 44.3 Å². The van der Waals surface area contributed by atoms with Gasteiger partial charge in [-0.3, -0.25) is 0 Å². The molecule has 178 valence electrons. The van der Waals surface area contributed by atoms with Crippen LogP contribution in [0.4, 0.5) is 0 Å². The zero-order chi connectivity index (χ0) is 23.3. The Kier molecular flexibility index (Phi) is 15.7. The Morgan fingerprint density at radius 1 is 0.781 bits per heavy atom. The molecule has 8 nitrogen and oxygen atoms in total. The SMILES string of the molecule is CCCCCCCCCCCCOc1ccc(C[N+](C)(CCN=[N+]=[N-])CCN=[N+]=[N-])cc1. The first-order valence-electron chi connectivity index (χ1n) is 12.2. The van der Waals surface area contributed by atoms with E-state index in [-0.39, 0.29) is 0 Å². The molecular formula is C24H42N7O+. The molecule has 0 fully saturated rings. The van der Waals surface area contributed by atoms with Crippen LogP contribution < -0.4 is 4.74 Å². The van der Waals surface area contributed by atoms with Gasteiger partial charge in [0.25, 0.3) is 0 Å². The van der Waals surface area contributed by atoms with Gasteiger partial charge in [-0.05, 0) is 41.7 Å². The first-order chi connectivity index (χ1) is 15.6. The van der Waals surface area contributed by atoms with Crippen molar-refractivity contribution in [1.29, 1.82) is 0 Å².